The van der Waals surface area contributed by atoms with Gasteiger partial charge in [0.05, 0.1) is 0 Å². The van der Waals surface area contributed by atoms with E-state index in [-0.39, 0.29) is 12.4 Å². The molecule has 1 unspecified atom stereocenters. The summed E-state index contributed by atoms with van der Waals surface area (Å²) in [4.78, 5) is 0. The fourth-order valence-corrected chi connectivity index (χ4v) is 1.77. The number of benzene rings is 2. The van der Waals surface area contributed by atoms with Crippen molar-refractivity contribution in [3.63, 3.8) is 0 Å². The fraction of sp³-hybridized carbons (Fsp3) is 0.200. The number of ether oxygens (including phenoxy) is 1. The van der Waals surface area contributed by atoms with Gasteiger partial charge in [0.1, 0.15) is 24.2 Å². The van der Waals surface area contributed by atoms with Gasteiger partial charge in [0, 0.05) is 0 Å². The Hall–Kier alpha value is -2.00. The summed E-state index contributed by atoms with van der Waals surface area (Å²) in [6.45, 7) is 2.15. The standard InChI is InChI=1S/C15H16O3/c1-11-4-2-3-5-14(11)15(17)10-18-13-8-6-12(16)7-9-13/h2-9,15-17H,10H2,1H3. The Morgan fingerprint density at radius 1 is 1.06 bits per heavy atom. The molecule has 0 saturated carbocycles. The van der Waals surface area contributed by atoms with Crippen molar-refractivity contribution >= 4 is 0 Å². The molecular weight excluding hydrogens is 228 g/mol. The second kappa shape index (κ2) is 5.56. The van der Waals surface area contributed by atoms with Crippen molar-refractivity contribution in [1.82, 2.24) is 0 Å². The fourth-order valence-electron chi connectivity index (χ4n) is 1.77. The zero-order valence-corrected chi connectivity index (χ0v) is 10.2. The van der Waals surface area contributed by atoms with Gasteiger partial charge in [0.2, 0.25) is 0 Å². The van der Waals surface area contributed by atoms with Crippen LogP contribution in [-0.4, -0.2) is 16.8 Å². The summed E-state index contributed by atoms with van der Waals surface area (Å²) in [5.41, 5.74) is 1.91. The van der Waals surface area contributed by atoms with Gasteiger partial charge < -0.3 is 14.9 Å². The summed E-state index contributed by atoms with van der Waals surface area (Å²) in [5, 5.41) is 19.2. The van der Waals surface area contributed by atoms with Crippen LogP contribution in [0, 0.1) is 6.92 Å². The third-order valence-electron chi connectivity index (χ3n) is 2.79. The quantitative estimate of drug-likeness (QED) is 0.869. The van der Waals surface area contributed by atoms with Crippen molar-refractivity contribution in [2.75, 3.05) is 6.61 Å². The maximum absolute atomic E-state index is 10.0. The highest BCUT2D eigenvalue weighted by Crippen LogP contribution is 2.20. The molecule has 0 amide bonds. The van der Waals surface area contributed by atoms with Crippen LogP contribution in [0.5, 0.6) is 11.5 Å². The minimum Gasteiger partial charge on any atom is -0.508 e. The number of aryl methyl sites for hydroxylation is 1. The first-order valence-electron chi connectivity index (χ1n) is 5.82. The van der Waals surface area contributed by atoms with Gasteiger partial charge in [0.15, 0.2) is 0 Å². The van der Waals surface area contributed by atoms with E-state index >= 15 is 0 Å². The molecule has 0 spiro atoms. The maximum atomic E-state index is 10.0. The van der Waals surface area contributed by atoms with Crippen LogP contribution in [0.4, 0.5) is 0 Å². The lowest BCUT2D eigenvalue weighted by Gasteiger charge is -2.14. The molecule has 2 rings (SSSR count). The molecule has 0 aliphatic carbocycles. The van der Waals surface area contributed by atoms with Crippen LogP contribution in [0.2, 0.25) is 0 Å². The van der Waals surface area contributed by atoms with Gasteiger partial charge in [-0.1, -0.05) is 24.3 Å². The highest BCUT2D eigenvalue weighted by Gasteiger charge is 2.10. The van der Waals surface area contributed by atoms with Crippen LogP contribution >= 0.6 is 0 Å². The minimum absolute atomic E-state index is 0.190. The summed E-state index contributed by atoms with van der Waals surface area (Å²) in [7, 11) is 0. The smallest absolute Gasteiger partial charge is 0.119 e. The van der Waals surface area contributed by atoms with Crippen LogP contribution in [0.1, 0.15) is 17.2 Å². The van der Waals surface area contributed by atoms with Crippen molar-refractivity contribution in [1.29, 1.82) is 0 Å². The average molecular weight is 244 g/mol. The summed E-state index contributed by atoms with van der Waals surface area (Å²) in [6.07, 6.45) is -0.653. The van der Waals surface area contributed by atoms with E-state index in [2.05, 4.69) is 0 Å². The Morgan fingerprint density at radius 2 is 1.72 bits per heavy atom. The predicted octanol–water partition coefficient (Wildman–Crippen LogP) is 2.81. The van der Waals surface area contributed by atoms with Crippen molar-refractivity contribution in [3.8, 4) is 11.5 Å². The molecule has 0 radical (unpaired) electrons. The minimum atomic E-state index is -0.653. The molecule has 2 aromatic carbocycles. The largest absolute Gasteiger partial charge is 0.508 e. The molecule has 2 N–H and O–H groups in total. The molecule has 0 aromatic heterocycles. The molecule has 0 saturated heterocycles. The van der Waals surface area contributed by atoms with Crippen molar-refractivity contribution in [3.05, 3.63) is 59.7 Å². The Kier molecular flexibility index (Phi) is 3.85. The summed E-state index contributed by atoms with van der Waals surface area (Å²) in [5.74, 6) is 0.822. The van der Waals surface area contributed by atoms with E-state index in [1.54, 1.807) is 24.3 Å². The SMILES string of the molecule is Cc1ccccc1C(O)COc1ccc(O)cc1. The van der Waals surface area contributed by atoms with E-state index in [1.165, 1.54) is 0 Å². The van der Waals surface area contributed by atoms with Crippen molar-refractivity contribution in [2.24, 2.45) is 0 Å². The lowest BCUT2D eigenvalue weighted by atomic mass is 10.0. The van der Waals surface area contributed by atoms with Crippen LogP contribution < -0.4 is 4.74 Å². The predicted molar refractivity (Wildman–Crippen MR) is 69.7 cm³/mol. The van der Waals surface area contributed by atoms with E-state index < -0.39 is 6.10 Å². The van der Waals surface area contributed by atoms with E-state index in [1.807, 2.05) is 31.2 Å². The third-order valence-corrected chi connectivity index (χ3v) is 2.79. The normalized spacial score (nSPS) is 12.1. The van der Waals surface area contributed by atoms with E-state index in [0.29, 0.717) is 5.75 Å². The number of aliphatic hydroxyl groups excluding tert-OH is 1. The average Bonchev–Trinajstić information content (AvgIpc) is 2.38. The Morgan fingerprint density at radius 3 is 2.39 bits per heavy atom. The lowest BCUT2D eigenvalue weighted by Crippen LogP contribution is -2.10. The summed E-state index contributed by atoms with van der Waals surface area (Å²) in [6, 6.07) is 14.1. The molecule has 0 fully saturated rings. The first kappa shape index (κ1) is 12.5. The molecule has 0 bridgehead atoms. The van der Waals surface area contributed by atoms with E-state index in [4.69, 9.17) is 9.84 Å². The van der Waals surface area contributed by atoms with E-state index in [0.717, 1.165) is 11.1 Å². The molecule has 0 aliphatic heterocycles. The van der Waals surface area contributed by atoms with Gasteiger partial charge in [-0.05, 0) is 42.3 Å². The van der Waals surface area contributed by atoms with Gasteiger partial charge >= 0.3 is 0 Å². The molecule has 1 atom stereocenters. The van der Waals surface area contributed by atoms with Gasteiger partial charge in [0.25, 0.3) is 0 Å². The second-order valence-corrected chi connectivity index (χ2v) is 4.18. The molecule has 0 aliphatic rings. The van der Waals surface area contributed by atoms with E-state index in [9.17, 15) is 5.11 Å². The number of hydrogen-bond donors (Lipinski definition) is 2. The van der Waals surface area contributed by atoms with Gasteiger partial charge in [-0.2, -0.15) is 0 Å². The van der Waals surface area contributed by atoms with Crippen molar-refractivity contribution < 1.29 is 14.9 Å². The van der Waals surface area contributed by atoms with Gasteiger partial charge in [-0.3, -0.25) is 0 Å². The first-order chi connectivity index (χ1) is 8.66. The number of aliphatic hydroxyl groups is 1. The Bertz CT molecular complexity index is 505. The second-order valence-electron chi connectivity index (χ2n) is 4.18. The molecule has 18 heavy (non-hydrogen) atoms. The third kappa shape index (κ3) is 3.02. The molecule has 3 nitrogen and oxygen atoms in total. The topological polar surface area (TPSA) is 49.7 Å². The highest BCUT2D eigenvalue weighted by atomic mass is 16.5. The maximum Gasteiger partial charge on any atom is 0.119 e. The van der Waals surface area contributed by atoms with Gasteiger partial charge in [-0.15, -0.1) is 0 Å². The van der Waals surface area contributed by atoms with Crippen LogP contribution in [0.15, 0.2) is 48.5 Å². The number of aromatic hydroxyl groups is 1. The number of phenolic OH excluding ortho intramolecular Hbond substituents is 1. The zero-order valence-electron chi connectivity index (χ0n) is 10.2. The Labute approximate surface area is 106 Å². The molecule has 3 heteroatoms. The number of hydrogen-bond acceptors (Lipinski definition) is 3. The highest BCUT2D eigenvalue weighted by molar-refractivity contribution is 5.31. The van der Waals surface area contributed by atoms with Crippen LogP contribution in [0.3, 0.4) is 0 Å². The summed E-state index contributed by atoms with van der Waals surface area (Å²) >= 11 is 0. The Balaban J connectivity index is 1.98. The zero-order chi connectivity index (χ0) is 13.0. The van der Waals surface area contributed by atoms with Crippen LogP contribution in [-0.2, 0) is 0 Å². The number of phenols is 1. The van der Waals surface area contributed by atoms with Crippen molar-refractivity contribution in [2.45, 2.75) is 13.0 Å². The number of rotatable bonds is 4. The summed E-state index contributed by atoms with van der Waals surface area (Å²) < 4.78 is 5.47. The van der Waals surface area contributed by atoms with Crippen LogP contribution in [0.25, 0.3) is 0 Å². The lowest BCUT2D eigenvalue weighted by molar-refractivity contribution is 0.107. The monoisotopic (exact) mass is 244 g/mol. The molecular formula is C15H16O3. The molecule has 0 heterocycles. The molecule has 94 valence electrons. The molecule has 2 aromatic rings. The first-order valence-corrected chi connectivity index (χ1v) is 5.82. The van der Waals surface area contributed by atoms with Gasteiger partial charge in [-0.25, -0.2) is 0 Å².